The topological polar surface area (TPSA) is 186 Å². The van der Waals surface area contributed by atoms with Crippen LogP contribution in [0, 0.1) is 12.8 Å². The van der Waals surface area contributed by atoms with Gasteiger partial charge < -0.3 is 10.4 Å². The van der Waals surface area contributed by atoms with Crippen LogP contribution in [0.15, 0.2) is 27.6 Å². The van der Waals surface area contributed by atoms with Crippen LogP contribution < -0.4 is 10.6 Å². The van der Waals surface area contributed by atoms with E-state index in [0.29, 0.717) is 16.9 Å². The Bertz CT molecular complexity index is 1420. The molecule has 0 spiro atoms. The van der Waals surface area contributed by atoms with Crippen LogP contribution in [0.25, 0.3) is 0 Å². The fourth-order valence-electron chi connectivity index (χ4n) is 3.84. The van der Waals surface area contributed by atoms with E-state index in [-0.39, 0.29) is 22.5 Å². The van der Waals surface area contributed by atoms with Gasteiger partial charge in [0.05, 0.1) is 5.69 Å². The first-order valence-electron chi connectivity index (χ1n) is 10.5. The van der Waals surface area contributed by atoms with Gasteiger partial charge in [0.1, 0.15) is 0 Å². The van der Waals surface area contributed by atoms with Crippen molar-refractivity contribution in [2.45, 2.75) is 42.0 Å². The number of ketones is 1. The summed E-state index contributed by atoms with van der Waals surface area (Å²) in [6.45, 7) is 1.84. The number of tetrazole rings is 1. The lowest BCUT2D eigenvalue weighted by Crippen LogP contribution is -2.22. The number of rotatable bonds is 7. The second-order valence-corrected chi connectivity index (χ2v) is 11.1. The number of carbonyl (C=O) groups excluding carboxylic acids is 2. The normalized spacial score (nSPS) is 14.1. The van der Waals surface area contributed by atoms with Gasteiger partial charge in [-0.1, -0.05) is 40.9 Å². The highest BCUT2D eigenvalue weighted by Gasteiger charge is 2.34. The van der Waals surface area contributed by atoms with E-state index in [1.807, 2.05) is 6.92 Å². The lowest BCUT2D eigenvalue weighted by Gasteiger charge is -2.14. The minimum atomic E-state index is -4.42. The minimum Gasteiger partial charge on any atom is -0.476 e. The molecule has 184 valence electrons. The summed E-state index contributed by atoms with van der Waals surface area (Å²) in [5.41, 5.74) is 0.755. The molecule has 0 atom stereocenters. The molecule has 1 aliphatic rings. The summed E-state index contributed by atoms with van der Waals surface area (Å²) in [6.07, 6.45) is 3.57. The number of nitrogens with one attached hydrogen (secondary N) is 2. The van der Waals surface area contributed by atoms with Crippen LogP contribution in [-0.2, 0) is 16.9 Å². The lowest BCUT2D eigenvalue weighted by molar-refractivity contribution is 0.0687. The van der Waals surface area contributed by atoms with Gasteiger partial charge in [-0.15, -0.1) is 0 Å². The van der Waals surface area contributed by atoms with E-state index < -0.39 is 36.9 Å². The third-order valence-electron chi connectivity index (χ3n) is 5.50. The molecular weight excluding hydrogens is 498 g/mol. The van der Waals surface area contributed by atoms with Gasteiger partial charge in [0.15, 0.2) is 20.8 Å². The van der Waals surface area contributed by atoms with Gasteiger partial charge in [-0.3, -0.25) is 10.1 Å². The molecule has 2 heterocycles. The Morgan fingerprint density at radius 2 is 1.89 bits per heavy atom. The Balaban J connectivity index is 1.59. The van der Waals surface area contributed by atoms with E-state index in [1.165, 1.54) is 7.05 Å². The number of carbonyl (C=O) groups is 3. The van der Waals surface area contributed by atoms with E-state index in [1.54, 1.807) is 18.2 Å². The standard InChI is InChI=1S/C20H21N7O6S2/c1-10-7-8-13(12(9-10)15(28)11-5-3-4-6-11)21-18(31)23-19-22-14(16(29)30)17(34-19)35(32,33)20-24-25-26-27(20)2/h7-9,11H,3-6H2,1-2H3,(H,29,30)(H2,21,22,23,31). The molecule has 1 aliphatic carbocycles. The third kappa shape index (κ3) is 4.90. The van der Waals surface area contributed by atoms with Crippen LogP contribution in [-0.4, -0.2) is 56.5 Å². The van der Waals surface area contributed by atoms with Crippen LogP contribution in [0.2, 0.25) is 0 Å². The number of thiazole rings is 1. The van der Waals surface area contributed by atoms with E-state index in [9.17, 15) is 27.9 Å². The number of hydrogen-bond donors (Lipinski definition) is 3. The summed E-state index contributed by atoms with van der Waals surface area (Å²) in [7, 11) is -3.14. The maximum absolute atomic E-state index is 13.0. The summed E-state index contributed by atoms with van der Waals surface area (Å²) >= 11 is 0.446. The molecule has 0 saturated heterocycles. The number of hydrogen-bond acceptors (Lipinski definition) is 10. The first-order valence-corrected chi connectivity index (χ1v) is 12.8. The van der Waals surface area contributed by atoms with Crippen molar-refractivity contribution in [1.82, 2.24) is 25.2 Å². The Morgan fingerprint density at radius 1 is 1.17 bits per heavy atom. The molecule has 0 radical (unpaired) electrons. The molecule has 1 saturated carbocycles. The number of aromatic nitrogens is 5. The molecule has 0 bridgehead atoms. The smallest absolute Gasteiger partial charge is 0.356 e. The second kappa shape index (κ2) is 9.50. The molecule has 35 heavy (non-hydrogen) atoms. The highest BCUT2D eigenvalue weighted by molar-refractivity contribution is 7.93. The van der Waals surface area contributed by atoms with Gasteiger partial charge in [-0.25, -0.2) is 27.7 Å². The van der Waals surface area contributed by atoms with Crippen molar-refractivity contribution in [1.29, 1.82) is 0 Å². The number of Topliss-reactive ketones (excluding diaryl/α,β-unsaturated/α-hetero) is 1. The first kappa shape index (κ1) is 24.4. The average Bonchev–Trinajstić information content (AvgIpc) is 3.55. The average molecular weight is 520 g/mol. The van der Waals surface area contributed by atoms with Crippen molar-refractivity contribution in [2.24, 2.45) is 13.0 Å². The molecular formula is C20H21N7O6S2. The number of carboxylic acids is 1. The van der Waals surface area contributed by atoms with Crippen LogP contribution in [0.1, 0.15) is 52.1 Å². The predicted molar refractivity (Wildman–Crippen MR) is 123 cm³/mol. The third-order valence-corrected chi connectivity index (χ3v) is 8.68. The van der Waals surface area contributed by atoms with E-state index in [0.717, 1.165) is 35.9 Å². The monoisotopic (exact) mass is 519 g/mol. The van der Waals surface area contributed by atoms with Crippen molar-refractivity contribution in [2.75, 3.05) is 10.6 Å². The molecule has 0 unspecified atom stereocenters. The molecule has 1 fully saturated rings. The van der Waals surface area contributed by atoms with Gasteiger partial charge >= 0.3 is 12.0 Å². The van der Waals surface area contributed by atoms with Crippen molar-refractivity contribution < 1.29 is 27.9 Å². The SMILES string of the molecule is Cc1ccc(NC(=O)Nc2nc(C(=O)O)c(S(=O)(=O)c3nnnn3C)s2)c(C(=O)C2CCCC2)c1. The number of nitrogens with zero attached hydrogens (tertiary/aromatic N) is 5. The molecule has 2 aromatic heterocycles. The Labute approximate surface area is 203 Å². The zero-order valence-corrected chi connectivity index (χ0v) is 20.3. The number of carboxylic acid groups (broad SMARTS) is 1. The van der Waals surface area contributed by atoms with Crippen molar-refractivity contribution in [3.63, 3.8) is 0 Å². The zero-order chi connectivity index (χ0) is 25.3. The van der Waals surface area contributed by atoms with Gasteiger partial charge in [0.25, 0.3) is 15.0 Å². The molecule has 13 nitrogen and oxygen atoms in total. The van der Waals surface area contributed by atoms with Crippen molar-refractivity contribution in [3.8, 4) is 0 Å². The first-order chi connectivity index (χ1) is 16.6. The Morgan fingerprint density at radius 3 is 2.51 bits per heavy atom. The van der Waals surface area contributed by atoms with Gasteiger partial charge in [0.2, 0.25) is 0 Å². The maximum atomic E-state index is 13.0. The summed E-state index contributed by atoms with van der Waals surface area (Å²) in [6, 6.07) is 4.25. The lowest BCUT2D eigenvalue weighted by atomic mass is 9.94. The van der Waals surface area contributed by atoms with E-state index in [2.05, 4.69) is 31.1 Å². The van der Waals surface area contributed by atoms with Gasteiger partial charge in [-0.05, 0) is 42.3 Å². The summed E-state index contributed by atoms with van der Waals surface area (Å²) in [4.78, 5) is 41.1. The fraction of sp³-hybridized carbons (Fsp3) is 0.350. The van der Waals surface area contributed by atoms with Crippen LogP contribution >= 0.6 is 11.3 Å². The van der Waals surface area contributed by atoms with Gasteiger partial charge in [-0.2, -0.15) is 0 Å². The Hall–Kier alpha value is -3.72. The summed E-state index contributed by atoms with van der Waals surface area (Å²) in [5.74, 6) is -1.75. The van der Waals surface area contributed by atoms with Crippen LogP contribution in [0.3, 0.4) is 0 Å². The zero-order valence-electron chi connectivity index (χ0n) is 18.7. The molecule has 4 rings (SSSR count). The molecule has 1 aromatic carbocycles. The van der Waals surface area contributed by atoms with E-state index in [4.69, 9.17) is 0 Å². The van der Waals surface area contributed by atoms with E-state index >= 15 is 0 Å². The number of anilines is 2. The predicted octanol–water partition coefficient (Wildman–Crippen LogP) is 2.52. The van der Waals surface area contributed by atoms with Crippen molar-refractivity contribution >= 4 is 49.8 Å². The second-order valence-electron chi connectivity index (χ2n) is 8.02. The number of aryl methyl sites for hydroxylation is 2. The molecule has 15 heteroatoms. The molecule has 3 N–H and O–H groups in total. The number of benzene rings is 1. The fourth-order valence-corrected chi connectivity index (χ4v) is 6.51. The number of sulfone groups is 1. The van der Waals surface area contributed by atoms with Gasteiger partial charge in [0, 0.05) is 18.5 Å². The quantitative estimate of drug-likeness (QED) is 0.391. The minimum absolute atomic E-state index is 0.0467. The number of amides is 2. The molecule has 2 amide bonds. The Kier molecular flexibility index (Phi) is 6.62. The highest BCUT2D eigenvalue weighted by Crippen LogP contribution is 2.33. The van der Waals surface area contributed by atoms with Crippen LogP contribution in [0.5, 0.6) is 0 Å². The highest BCUT2D eigenvalue weighted by atomic mass is 32.2. The molecule has 0 aliphatic heterocycles. The summed E-state index contributed by atoms with van der Waals surface area (Å²) in [5, 5.41) is 23.7. The van der Waals surface area contributed by atoms with Crippen molar-refractivity contribution in [3.05, 3.63) is 35.0 Å². The number of urea groups is 1. The van der Waals surface area contributed by atoms with Crippen LogP contribution in [0.4, 0.5) is 15.6 Å². The maximum Gasteiger partial charge on any atom is 0.356 e. The molecule has 3 aromatic rings. The largest absolute Gasteiger partial charge is 0.476 e. The number of aromatic carboxylic acids is 1. The summed E-state index contributed by atoms with van der Waals surface area (Å²) < 4.78 is 26.0.